The van der Waals surface area contributed by atoms with Crippen LogP contribution >= 0.6 is 0 Å². The van der Waals surface area contributed by atoms with E-state index in [1.165, 1.54) is 0 Å². The summed E-state index contributed by atoms with van der Waals surface area (Å²) < 4.78 is 11.8. The lowest BCUT2D eigenvalue weighted by atomic mass is 9.49. The Morgan fingerprint density at radius 3 is 2.00 bits per heavy atom. The molecular formula is C22H32N2O3. The molecule has 1 aromatic carbocycles. The van der Waals surface area contributed by atoms with Gasteiger partial charge in [-0.25, -0.2) is 9.64 Å². The maximum Gasteiger partial charge on any atom is 0.407 e. The van der Waals surface area contributed by atoms with E-state index in [1.807, 2.05) is 46.8 Å². The van der Waals surface area contributed by atoms with Crippen molar-refractivity contribution in [3.8, 4) is 5.75 Å². The number of nitrogens with one attached hydrogen (secondary N) is 1. The Labute approximate surface area is 163 Å². The van der Waals surface area contributed by atoms with Crippen molar-refractivity contribution in [2.24, 2.45) is 10.8 Å². The first kappa shape index (κ1) is 21.1. The molecule has 1 aliphatic rings. The number of ether oxygens (including phenoxy) is 2. The molecule has 0 atom stereocenters. The fraction of sp³-hybridized carbons (Fsp3) is 0.636. The number of hydrogen-bond acceptors (Lipinski definition) is 3. The fourth-order valence-corrected chi connectivity index (χ4v) is 4.52. The third-order valence-electron chi connectivity index (χ3n) is 5.33. The van der Waals surface area contributed by atoms with Crippen LogP contribution in [0.15, 0.2) is 12.1 Å². The Bertz CT molecular complexity index is 743. The van der Waals surface area contributed by atoms with Gasteiger partial charge in [0.1, 0.15) is 17.5 Å². The molecule has 2 rings (SSSR count). The van der Waals surface area contributed by atoms with Crippen molar-refractivity contribution in [1.82, 2.24) is 5.32 Å². The number of amides is 1. The summed E-state index contributed by atoms with van der Waals surface area (Å²) in [6.07, 6.45) is -0.484. The van der Waals surface area contributed by atoms with E-state index < -0.39 is 11.7 Å². The van der Waals surface area contributed by atoms with Crippen LogP contribution in [0.3, 0.4) is 0 Å². The smallest absolute Gasteiger partial charge is 0.407 e. The summed E-state index contributed by atoms with van der Waals surface area (Å²) in [6.45, 7) is 25.1. The van der Waals surface area contributed by atoms with Gasteiger partial charge in [-0.15, -0.1) is 0 Å². The minimum Gasteiger partial charge on any atom is -0.489 e. The molecule has 5 heteroatoms. The first-order valence-electron chi connectivity index (χ1n) is 9.35. The van der Waals surface area contributed by atoms with Crippen molar-refractivity contribution in [3.63, 3.8) is 0 Å². The van der Waals surface area contributed by atoms with Crippen molar-refractivity contribution in [2.75, 3.05) is 0 Å². The highest BCUT2D eigenvalue weighted by Crippen LogP contribution is 2.55. The molecule has 1 fully saturated rings. The summed E-state index contributed by atoms with van der Waals surface area (Å²) in [7, 11) is 0. The second kappa shape index (κ2) is 6.74. The molecule has 0 aromatic heterocycles. The van der Waals surface area contributed by atoms with Crippen LogP contribution in [-0.4, -0.2) is 23.8 Å². The molecule has 0 radical (unpaired) electrons. The van der Waals surface area contributed by atoms with Crippen LogP contribution in [-0.2, 0) is 4.74 Å². The Hall–Kier alpha value is -2.22. The number of nitrogens with zero attached hydrogens (tertiary/aromatic N) is 1. The minimum absolute atomic E-state index is 0.0745. The quantitative estimate of drug-likeness (QED) is 0.707. The van der Waals surface area contributed by atoms with E-state index in [4.69, 9.17) is 16.0 Å². The van der Waals surface area contributed by atoms with Gasteiger partial charge in [-0.3, -0.25) is 0 Å². The number of aryl methyl sites for hydroxylation is 2. The first-order chi connectivity index (χ1) is 12.2. The topological polar surface area (TPSA) is 51.9 Å². The highest BCUT2D eigenvalue weighted by Gasteiger charge is 2.64. The van der Waals surface area contributed by atoms with Crippen LogP contribution in [0.5, 0.6) is 5.75 Å². The monoisotopic (exact) mass is 372 g/mol. The number of alkyl carbamates (subject to hydrolysis) is 1. The minimum atomic E-state index is -0.530. The molecule has 27 heavy (non-hydrogen) atoms. The molecule has 0 aliphatic heterocycles. The highest BCUT2D eigenvalue weighted by atomic mass is 16.6. The van der Waals surface area contributed by atoms with Gasteiger partial charge < -0.3 is 14.8 Å². The lowest BCUT2D eigenvalue weighted by Gasteiger charge is -2.62. The van der Waals surface area contributed by atoms with Gasteiger partial charge in [0.2, 0.25) is 0 Å². The van der Waals surface area contributed by atoms with E-state index in [-0.39, 0.29) is 23.0 Å². The van der Waals surface area contributed by atoms with E-state index in [9.17, 15) is 4.79 Å². The van der Waals surface area contributed by atoms with Crippen LogP contribution in [0.2, 0.25) is 0 Å². The molecule has 1 N–H and O–H groups in total. The molecule has 1 aromatic rings. The predicted octanol–water partition coefficient (Wildman–Crippen LogP) is 5.56. The Morgan fingerprint density at radius 2 is 1.59 bits per heavy atom. The zero-order valence-electron chi connectivity index (χ0n) is 18.0. The summed E-state index contributed by atoms with van der Waals surface area (Å²) in [5.74, 6) is 0.763. The van der Waals surface area contributed by atoms with Crippen LogP contribution in [0, 0.1) is 31.2 Å². The maximum absolute atomic E-state index is 12.3. The molecule has 1 amide bonds. The zero-order chi connectivity index (χ0) is 20.8. The van der Waals surface area contributed by atoms with Crippen molar-refractivity contribution < 1.29 is 14.3 Å². The summed E-state index contributed by atoms with van der Waals surface area (Å²) in [4.78, 5) is 15.8. The second-order valence-corrected chi connectivity index (χ2v) is 9.74. The van der Waals surface area contributed by atoms with E-state index >= 15 is 0 Å². The lowest BCUT2D eigenvalue weighted by Crippen LogP contribution is -2.74. The Kier molecular flexibility index (Phi) is 5.27. The maximum atomic E-state index is 12.3. The van der Waals surface area contributed by atoms with Crippen molar-refractivity contribution >= 4 is 11.8 Å². The average molecular weight is 373 g/mol. The van der Waals surface area contributed by atoms with Crippen LogP contribution in [0.1, 0.15) is 59.6 Å². The number of carbonyl (C=O) groups is 1. The molecular weight excluding hydrogens is 340 g/mol. The largest absolute Gasteiger partial charge is 0.489 e. The lowest BCUT2D eigenvalue weighted by molar-refractivity contribution is -0.166. The highest BCUT2D eigenvalue weighted by molar-refractivity contribution is 5.69. The first-order valence-corrected chi connectivity index (χ1v) is 9.35. The normalized spacial score (nSPS) is 23.0. The second-order valence-electron chi connectivity index (χ2n) is 9.74. The van der Waals surface area contributed by atoms with Crippen molar-refractivity contribution in [1.29, 1.82) is 0 Å². The van der Waals surface area contributed by atoms with Crippen LogP contribution in [0.4, 0.5) is 10.5 Å². The standard InChI is InChI=1S/C22H32N2O3/c1-13-11-15(12-14(2)16(13)23-10)26-18-21(6,7)17(22(18,8)9)24-19(25)27-20(3,4)5/h11-12,17-18H,1-9H3,(H,24,25). The molecule has 0 bridgehead atoms. The predicted molar refractivity (Wildman–Crippen MR) is 107 cm³/mol. The summed E-state index contributed by atoms with van der Waals surface area (Å²) in [5, 5.41) is 3.03. The molecule has 148 valence electrons. The molecule has 0 saturated heterocycles. The summed E-state index contributed by atoms with van der Waals surface area (Å²) in [6, 6.07) is 3.76. The van der Waals surface area contributed by atoms with Gasteiger partial charge in [0.25, 0.3) is 0 Å². The van der Waals surface area contributed by atoms with Crippen LogP contribution < -0.4 is 10.1 Å². The third-order valence-corrected chi connectivity index (χ3v) is 5.33. The molecule has 0 spiro atoms. The van der Waals surface area contributed by atoms with Crippen LogP contribution in [0.25, 0.3) is 4.85 Å². The molecule has 5 nitrogen and oxygen atoms in total. The van der Waals surface area contributed by atoms with Gasteiger partial charge in [0.05, 0.1) is 6.57 Å². The molecule has 0 unspecified atom stereocenters. The third kappa shape index (κ3) is 4.05. The number of rotatable bonds is 3. The fourth-order valence-electron chi connectivity index (χ4n) is 4.52. The van der Waals surface area contributed by atoms with E-state index in [1.54, 1.807) is 0 Å². The van der Waals surface area contributed by atoms with Gasteiger partial charge >= 0.3 is 6.09 Å². The van der Waals surface area contributed by atoms with Gasteiger partial charge in [0.15, 0.2) is 5.69 Å². The van der Waals surface area contributed by atoms with E-state index in [0.717, 1.165) is 16.9 Å². The average Bonchev–Trinajstić information content (AvgIpc) is 2.48. The Morgan fingerprint density at radius 1 is 1.11 bits per heavy atom. The Balaban J connectivity index is 2.19. The molecule has 1 saturated carbocycles. The van der Waals surface area contributed by atoms with Crippen molar-refractivity contribution in [3.05, 3.63) is 34.7 Å². The number of benzene rings is 1. The van der Waals surface area contributed by atoms with E-state index in [2.05, 4.69) is 37.9 Å². The van der Waals surface area contributed by atoms with E-state index in [0.29, 0.717) is 5.69 Å². The zero-order valence-corrected chi connectivity index (χ0v) is 18.0. The summed E-state index contributed by atoms with van der Waals surface area (Å²) in [5.41, 5.74) is 1.45. The van der Waals surface area contributed by atoms with Gasteiger partial charge in [0, 0.05) is 16.9 Å². The van der Waals surface area contributed by atoms with Gasteiger partial charge in [-0.05, 0) is 57.9 Å². The summed E-state index contributed by atoms with van der Waals surface area (Å²) >= 11 is 0. The van der Waals surface area contributed by atoms with Crippen molar-refractivity contribution in [2.45, 2.75) is 80.1 Å². The number of carbonyl (C=O) groups excluding carboxylic acids is 1. The molecule has 0 heterocycles. The van der Waals surface area contributed by atoms with Gasteiger partial charge in [-0.1, -0.05) is 27.7 Å². The molecule has 1 aliphatic carbocycles. The van der Waals surface area contributed by atoms with Gasteiger partial charge in [-0.2, -0.15) is 0 Å². The SMILES string of the molecule is [C-]#[N+]c1c(C)cc(OC2C(C)(C)C(NC(=O)OC(C)(C)C)C2(C)C)cc1C. The number of hydrogen-bond donors (Lipinski definition) is 1.